The number of carbonyl (C=O) groups excluding carboxylic acids is 1. The number of carbonyl (C=O) groups is 1. The van der Waals surface area contributed by atoms with Crippen LogP contribution in [-0.4, -0.2) is 27.6 Å². The number of alkyl halides is 3. The molecule has 24 heavy (non-hydrogen) atoms. The van der Waals surface area contributed by atoms with Gasteiger partial charge in [-0.1, -0.05) is 11.3 Å². The molecule has 1 aromatic heterocycles. The monoisotopic (exact) mass is 376 g/mol. The third kappa shape index (κ3) is 4.71. The van der Waals surface area contributed by atoms with Gasteiger partial charge < -0.3 is 9.67 Å². The molecule has 0 bridgehead atoms. The highest BCUT2D eigenvalue weighted by Gasteiger charge is 2.29. The number of aromatic nitrogens is 1. The molecule has 0 aliphatic heterocycles. The summed E-state index contributed by atoms with van der Waals surface area (Å²) in [5.74, 6) is -0.0948. The molecule has 0 saturated carbocycles. The Morgan fingerprint density at radius 3 is 2.46 bits per heavy atom. The number of hydrogen-bond acceptors (Lipinski definition) is 5. The predicted octanol–water partition coefficient (Wildman–Crippen LogP) is 3.90. The fourth-order valence-electron chi connectivity index (χ4n) is 2.09. The fourth-order valence-corrected chi connectivity index (χ4v) is 3.71. The van der Waals surface area contributed by atoms with E-state index in [9.17, 15) is 23.1 Å². The lowest BCUT2D eigenvalue weighted by atomic mass is 10.3. The van der Waals surface area contributed by atoms with Gasteiger partial charge in [0.15, 0.2) is 10.6 Å². The molecule has 130 valence electrons. The molecule has 0 aliphatic carbocycles. The zero-order valence-electron chi connectivity index (χ0n) is 12.9. The highest BCUT2D eigenvalue weighted by atomic mass is 32.2. The van der Waals surface area contributed by atoms with Gasteiger partial charge in [-0.3, -0.25) is 4.79 Å². The van der Waals surface area contributed by atoms with E-state index in [0.717, 1.165) is 0 Å². The Labute approximate surface area is 144 Å². The quantitative estimate of drug-likeness (QED) is 0.636. The number of thioether (sulfide) groups is 1. The minimum atomic E-state index is -4.33. The second kappa shape index (κ2) is 7.54. The first kappa shape index (κ1) is 18.8. The molecule has 9 heteroatoms. The van der Waals surface area contributed by atoms with E-state index < -0.39 is 5.51 Å². The Bertz CT molecular complexity index is 793. The number of aliphatic hydroxyl groups excluding tert-OH is 1. The molecule has 0 unspecified atom stereocenters. The van der Waals surface area contributed by atoms with Crippen molar-refractivity contribution in [2.24, 2.45) is 4.99 Å². The van der Waals surface area contributed by atoms with Gasteiger partial charge in [0.1, 0.15) is 0 Å². The van der Waals surface area contributed by atoms with E-state index in [1.165, 1.54) is 42.5 Å². The Morgan fingerprint density at radius 2 is 1.96 bits per heavy atom. The summed E-state index contributed by atoms with van der Waals surface area (Å²) in [4.78, 5) is 17.2. The second-order valence-electron chi connectivity index (χ2n) is 4.88. The third-order valence-electron chi connectivity index (χ3n) is 3.10. The number of benzene rings is 1. The van der Waals surface area contributed by atoms with E-state index in [-0.39, 0.29) is 35.6 Å². The van der Waals surface area contributed by atoms with E-state index in [0.29, 0.717) is 21.1 Å². The van der Waals surface area contributed by atoms with Gasteiger partial charge in [0.25, 0.3) is 0 Å². The number of Topliss-reactive ketones (excluding diaryl/α,β-unsaturated/α-hetero) is 1. The van der Waals surface area contributed by atoms with Gasteiger partial charge in [0.2, 0.25) is 0 Å². The maximum atomic E-state index is 12.3. The summed E-state index contributed by atoms with van der Waals surface area (Å²) >= 11 is 1.01. The summed E-state index contributed by atoms with van der Waals surface area (Å²) in [7, 11) is 0. The van der Waals surface area contributed by atoms with Crippen molar-refractivity contribution in [1.29, 1.82) is 0 Å². The van der Waals surface area contributed by atoms with Gasteiger partial charge in [-0.2, -0.15) is 13.2 Å². The van der Waals surface area contributed by atoms with Crippen LogP contribution in [0.1, 0.15) is 22.3 Å². The highest BCUT2D eigenvalue weighted by molar-refractivity contribution is 8.00. The zero-order chi connectivity index (χ0) is 17.9. The van der Waals surface area contributed by atoms with Crippen LogP contribution in [0.25, 0.3) is 0 Å². The van der Waals surface area contributed by atoms with Crippen LogP contribution in [0.5, 0.6) is 0 Å². The molecule has 1 heterocycles. The van der Waals surface area contributed by atoms with Crippen LogP contribution in [0.2, 0.25) is 0 Å². The lowest BCUT2D eigenvalue weighted by Crippen LogP contribution is -2.18. The summed E-state index contributed by atoms with van der Waals surface area (Å²) in [6.45, 7) is 3.40. The van der Waals surface area contributed by atoms with Crippen LogP contribution in [0.4, 0.5) is 18.9 Å². The average molecular weight is 376 g/mol. The molecule has 1 aromatic carbocycles. The van der Waals surface area contributed by atoms with Crippen molar-refractivity contribution in [2.75, 3.05) is 6.61 Å². The van der Waals surface area contributed by atoms with Crippen LogP contribution < -0.4 is 4.80 Å². The minimum absolute atomic E-state index is 0.0801. The molecular weight excluding hydrogens is 361 g/mol. The van der Waals surface area contributed by atoms with Gasteiger partial charge >= 0.3 is 5.51 Å². The molecule has 4 nitrogen and oxygen atoms in total. The minimum Gasteiger partial charge on any atom is -0.395 e. The summed E-state index contributed by atoms with van der Waals surface area (Å²) in [5.41, 5.74) is -3.14. The number of thiazole rings is 1. The number of ketones is 1. The summed E-state index contributed by atoms with van der Waals surface area (Å²) < 4.78 is 38.7. The fraction of sp³-hybridized carbons (Fsp3) is 0.333. The number of aliphatic hydroxyl groups is 1. The van der Waals surface area contributed by atoms with Crippen LogP contribution in [0, 0.1) is 6.92 Å². The first-order valence-electron chi connectivity index (χ1n) is 6.94. The molecule has 0 aliphatic rings. The molecule has 2 rings (SSSR count). The second-order valence-corrected chi connectivity index (χ2v) is 7.00. The van der Waals surface area contributed by atoms with Crippen molar-refractivity contribution in [3.8, 4) is 0 Å². The smallest absolute Gasteiger partial charge is 0.395 e. The lowest BCUT2D eigenvalue weighted by Gasteiger charge is -2.05. The van der Waals surface area contributed by atoms with E-state index in [2.05, 4.69) is 4.99 Å². The van der Waals surface area contributed by atoms with Crippen molar-refractivity contribution in [2.45, 2.75) is 30.8 Å². The summed E-state index contributed by atoms with van der Waals surface area (Å²) in [5, 5.41) is 9.17. The Balaban J connectivity index is 2.40. The van der Waals surface area contributed by atoms with E-state index >= 15 is 0 Å². The molecular formula is C15H15F3N2O2S2. The number of rotatable bonds is 5. The Kier molecular flexibility index (Phi) is 5.89. The first-order chi connectivity index (χ1) is 11.2. The molecule has 2 aromatic rings. The van der Waals surface area contributed by atoms with E-state index in [1.54, 1.807) is 11.5 Å². The molecule has 0 amide bonds. The molecule has 0 radical (unpaired) electrons. The SMILES string of the molecule is CC(=O)c1sc(=Nc2ccc(SC(F)(F)F)cc2)n(CCO)c1C. The van der Waals surface area contributed by atoms with Crippen molar-refractivity contribution in [1.82, 2.24) is 4.57 Å². The van der Waals surface area contributed by atoms with Gasteiger partial charge in [0.05, 0.1) is 17.2 Å². The number of nitrogens with zero attached hydrogens (tertiary/aromatic N) is 2. The van der Waals surface area contributed by atoms with Gasteiger partial charge in [-0.05, 0) is 43.0 Å². The maximum absolute atomic E-state index is 12.3. The lowest BCUT2D eigenvalue weighted by molar-refractivity contribution is -0.0328. The van der Waals surface area contributed by atoms with Gasteiger partial charge in [0, 0.05) is 24.1 Å². The maximum Gasteiger partial charge on any atom is 0.446 e. The van der Waals surface area contributed by atoms with Crippen molar-refractivity contribution >= 4 is 34.6 Å². The van der Waals surface area contributed by atoms with E-state index in [1.807, 2.05) is 0 Å². The van der Waals surface area contributed by atoms with Crippen molar-refractivity contribution < 1.29 is 23.1 Å². The average Bonchev–Trinajstić information content (AvgIpc) is 2.77. The standard InChI is InChI=1S/C15H15F3N2O2S2/c1-9-13(10(2)22)23-14(20(9)7-8-21)19-11-3-5-12(6-4-11)24-15(16,17)18/h3-6,21H,7-8H2,1-2H3. The summed E-state index contributed by atoms with van der Waals surface area (Å²) in [6, 6.07) is 5.67. The molecule has 0 atom stereocenters. The Hall–Kier alpha value is -1.58. The van der Waals surface area contributed by atoms with Crippen LogP contribution in [0.15, 0.2) is 34.2 Å². The normalized spacial score (nSPS) is 12.7. The van der Waals surface area contributed by atoms with Crippen molar-refractivity contribution in [3.63, 3.8) is 0 Å². The molecule has 1 N–H and O–H groups in total. The zero-order valence-corrected chi connectivity index (χ0v) is 14.6. The van der Waals surface area contributed by atoms with Crippen LogP contribution >= 0.6 is 23.1 Å². The summed E-state index contributed by atoms with van der Waals surface area (Å²) in [6.07, 6.45) is 0. The van der Waals surface area contributed by atoms with Crippen molar-refractivity contribution in [3.05, 3.63) is 39.6 Å². The molecule has 0 spiro atoms. The van der Waals surface area contributed by atoms with Crippen LogP contribution in [-0.2, 0) is 6.54 Å². The first-order valence-corrected chi connectivity index (χ1v) is 8.57. The Morgan fingerprint density at radius 1 is 1.33 bits per heavy atom. The molecule has 0 fully saturated rings. The third-order valence-corrected chi connectivity index (χ3v) is 5.12. The van der Waals surface area contributed by atoms with Gasteiger partial charge in [-0.15, -0.1) is 0 Å². The highest BCUT2D eigenvalue weighted by Crippen LogP contribution is 2.37. The largest absolute Gasteiger partial charge is 0.446 e. The topological polar surface area (TPSA) is 54.6 Å². The van der Waals surface area contributed by atoms with E-state index in [4.69, 9.17) is 0 Å². The number of halogens is 3. The number of hydrogen-bond donors (Lipinski definition) is 1. The molecule has 0 saturated heterocycles. The van der Waals surface area contributed by atoms with Gasteiger partial charge in [-0.25, -0.2) is 4.99 Å². The predicted molar refractivity (Wildman–Crippen MR) is 87.7 cm³/mol. The van der Waals surface area contributed by atoms with Crippen LogP contribution in [0.3, 0.4) is 0 Å².